The summed E-state index contributed by atoms with van der Waals surface area (Å²) < 4.78 is 0. The van der Waals surface area contributed by atoms with Crippen LogP contribution in [0.1, 0.15) is 27.9 Å². The molecular weight excluding hydrogens is 206 g/mol. The second-order valence-corrected chi connectivity index (χ2v) is 4.50. The lowest BCUT2D eigenvalue weighted by Crippen LogP contribution is -2.13. The van der Waals surface area contributed by atoms with Crippen LogP contribution in [0.25, 0.3) is 0 Å². The number of aryl methyl sites for hydroxylation is 2. The highest BCUT2D eigenvalue weighted by Crippen LogP contribution is 2.25. The summed E-state index contributed by atoms with van der Waals surface area (Å²) in [5.41, 5.74) is 9.04. The number of nitrogens with two attached hydrogens (primary N) is 1. The minimum absolute atomic E-state index is 0.0841. The van der Waals surface area contributed by atoms with E-state index in [4.69, 9.17) is 5.73 Å². The molecule has 0 aliphatic carbocycles. The van der Waals surface area contributed by atoms with Crippen LogP contribution in [0.3, 0.4) is 0 Å². The zero-order valence-electron chi connectivity index (χ0n) is 8.77. The Morgan fingerprint density at radius 3 is 2.80 bits per heavy atom. The zero-order chi connectivity index (χ0) is 10.8. The van der Waals surface area contributed by atoms with Crippen LogP contribution in [0.4, 0.5) is 0 Å². The summed E-state index contributed by atoms with van der Waals surface area (Å²) in [6, 6.07) is 5.98. The smallest absolute Gasteiger partial charge is 0.0665 e. The van der Waals surface area contributed by atoms with Gasteiger partial charge >= 0.3 is 0 Å². The number of nitrogens with zero attached hydrogens (tertiary/aromatic N) is 2. The van der Waals surface area contributed by atoms with Crippen LogP contribution in [0.2, 0.25) is 0 Å². The van der Waals surface area contributed by atoms with E-state index in [9.17, 15) is 0 Å². The molecule has 2 N–H and O–H groups in total. The summed E-state index contributed by atoms with van der Waals surface area (Å²) in [4.78, 5) is 1.16. The predicted molar refractivity (Wildman–Crippen MR) is 61.9 cm³/mol. The Kier molecular flexibility index (Phi) is 2.79. The van der Waals surface area contributed by atoms with Gasteiger partial charge in [0, 0.05) is 4.88 Å². The van der Waals surface area contributed by atoms with Gasteiger partial charge in [-0.15, -0.1) is 11.3 Å². The Morgan fingerprint density at radius 2 is 2.13 bits per heavy atom. The fourth-order valence-electron chi connectivity index (χ4n) is 1.51. The predicted octanol–water partition coefficient (Wildman–Crippen LogP) is 2.20. The molecule has 0 amide bonds. The minimum Gasteiger partial charge on any atom is -0.320 e. The Bertz CT molecular complexity index is 451. The van der Waals surface area contributed by atoms with Gasteiger partial charge in [-0.1, -0.05) is 6.07 Å². The second kappa shape index (κ2) is 4.08. The van der Waals surface area contributed by atoms with Crippen molar-refractivity contribution in [2.75, 3.05) is 0 Å². The van der Waals surface area contributed by atoms with Crippen molar-refractivity contribution >= 4 is 11.3 Å². The SMILES string of the molecule is Cc1cc(C(N)c2cccs2)c(C)nn1. The van der Waals surface area contributed by atoms with Crippen LogP contribution >= 0.6 is 11.3 Å². The van der Waals surface area contributed by atoms with E-state index >= 15 is 0 Å². The van der Waals surface area contributed by atoms with Crippen molar-refractivity contribution in [3.05, 3.63) is 45.4 Å². The lowest BCUT2D eigenvalue weighted by molar-refractivity contribution is 0.826. The Morgan fingerprint density at radius 1 is 1.33 bits per heavy atom. The monoisotopic (exact) mass is 219 g/mol. The number of hydrogen-bond acceptors (Lipinski definition) is 4. The molecule has 2 rings (SSSR count). The quantitative estimate of drug-likeness (QED) is 0.842. The van der Waals surface area contributed by atoms with E-state index in [2.05, 4.69) is 10.2 Å². The van der Waals surface area contributed by atoms with Gasteiger partial charge in [0.2, 0.25) is 0 Å². The van der Waals surface area contributed by atoms with Crippen molar-refractivity contribution < 1.29 is 0 Å². The molecule has 0 aliphatic rings. The largest absolute Gasteiger partial charge is 0.320 e. The van der Waals surface area contributed by atoms with Gasteiger partial charge in [-0.3, -0.25) is 0 Å². The van der Waals surface area contributed by atoms with Crippen LogP contribution < -0.4 is 5.73 Å². The third kappa shape index (κ3) is 2.06. The maximum atomic E-state index is 6.17. The lowest BCUT2D eigenvalue weighted by atomic mass is 10.1. The van der Waals surface area contributed by atoms with E-state index in [1.54, 1.807) is 11.3 Å². The molecule has 0 aromatic carbocycles. The fourth-order valence-corrected chi connectivity index (χ4v) is 2.25. The molecule has 78 valence electrons. The number of thiophene rings is 1. The molecule has 15 heavy (non-hydrogen) atoms. The van der Waals surface area contributed by atoms with Crippen LogP contribution in [0.5, 0.6) is 0 Å². The van der Waals surface area contributed by atoms with E-state index in [0.29, 0.717) is 0 Å². The molecule has 0 aliphatic heterocycles. The van der Waals surface area contributed by atoms with Gasteiger partial charge < -0.3 is 5.73 Å². The van der Waals surface area contributed by atoms with Crippen LogP contribution in [-0.4, -0.2) is 10.2 Å². The zero-order valence-corrected chi connectivity index (χ0v) is 9.58. The van der Waals surface area contributed by atoms with Crippen molar-refractivity contribution in [2.24, 2.45) is 5.73 Å². The Balaban J connectivity index is 2.41. The molecule has 4 heteroatoms. The third-order valence-electron chi connectivity index (χ3n) is 2.32. The highest BCUT2D eigenvalue weighted by Gasteiger charge is 2.13. The summed E-state index contributed by atoms with van der Waals surface area (Å²) in [5, 5.41) is 10.1. The first-order valence-electron chi connectivity index (χ1n) is 4.78. The van der Waals surface area contributed by atoms with Gasteiger partial charge in [-0.25, -0.2) is 0 Å². The van der Waals surface area contributed by atoms with E-state index < -0.39 is 0 Å². The Labute approximate surface area is 93.0 Å². The molecule has 0 saturated carbocycles. The van der Waals surface area contributed by atoms with Crippen molar-refractivity contribution in [1.82, 2.24) is 10.2 Å². The standard InChI is InChI=1S/C11H13N3S/c1-7-6-9(8(2)14-13-7)11(12)10-4-3-5-15-10/h3-6,11H,12H2,1-2H3. The summed E-state index contributed by atoms with van der Waals surface area (Å²) in [5.74, 6) is 0. The summed E-state index contributed by atoms with van der Waals surface area (Å²) in [7, 11) is 0. The Hall–Kier alpha value is -1.26. The van der Waals surface area contributed by atoms with Gasteiger partial charge in [-0.05, 0) is 36.9 Å². The first-order chi connectivity index (χ1) is 7.18. The number of aromatic nitrogens is 2. The molecule has 2 aromatic heterocycles. The number of rotatable bonds is 2. The molecule has 0 spiro atoms. The molecule has 3 nitrogen and oxygen atoms in total. The number of hydrogen-bond donors (Lipinski definition) is 1. The van der Waals surface area contributed by atoms with E-state index in [0.717, 1.165) is 21.8 Å². The van der Waals surface area contributed by atoms with Crippen molar-refractivity contribution in [1.29, 1.82) is 0 Å². The van der Waals surface area contributed by atoms with Crippen molar-refractivity contribution in [3.8, 4) is 0 Å². The van der Waals surface area contributed by atoms with Crippen molar-refractivity contribution in [2.45, 2.75) is 19.9 Å². The molecular formula is C11H13N3S. The summed E-state index contributed by atoms with van der Waals surface area (Å²) in [6.07, 6.45) is 0. The maximum Gasteiger partial charge on any atom is 0.0665 e. The van der Waals surface area contributed by atoms with Crippen LogP contribution in [0.15, 0.2) is 23.6 Å². The molecule has 1 unspecified atom stereocenters. The van der Waals surface area contributed by atoms with Gasteiger partial charge in [0.15, 0.2) is 0 Å². The van der Waals surface area contributed by atoms with E-state index in [-0.39, 0.29) is 6.04 Å². The van der Waals surface area contributed by atoms with Crippen molar-refractivity contribution in [3.63, 3.8) is 0 Å². The first kappa shape index (κ1) is 10.3. The van der Waals surface area contributed by atoms with Gasteiger partial charge in [0.05, 0.1) is 17.4 Å². The maximum absolute atomic E-state index is 6.17. The molecule has 0 saturated heterocycles. The minimum atomic E-state index is -0.0841. The highest BCUT2D eigenvalue weighted by molar-refractivity contribution is 7.10. The highest BCUT2D eigenvalue weighted by atomic mass is 32.1. The fraction of sp³-hybridized carbons (Fsp3) is 0.273. The topological polar surface area (TPSA) is 51.8 Å². The third-order valence-corrected chi connectivity index (χ3v) is 3.28. The average Bonchev–Trinajstić information content (AvgIpc) is 2.74. The molecule has 0 fully saturated rings. The van der Waals surface area contributed by atoms with Gasteiger partial charge in [0.1, 0.15) is 0 Å². The van der Waals surface area contributed by atoms with Crippen LogP contribution in [-0.2, 0) is 0 Å². The molecule has 2 aromatic rings. The normalized spacial score (nSPS) is 12.7. The van der Waals surface area contributed by atoms with Crippen LogP contribution in [0, 0.1) is 13.8 Å². The summed E-state index contributed by atoms with van der Waals surface area (Å²) in [6.45, 7) is 3.87. The average molecular weight is 219 g/mol. The molecule has 0 radical (unpaired) electrons. The molecule has 2 heterocycles. The van der Waals surface area contributed by atoms with E-state index in [1.807, 2.05) is 37.4 Å². The summed E-state index contributed by atoms with van der Waals surface area (Å²) >= 11 is 1.67. The second-order valence-electron chi connectivity index (χ2n) is 3.52. The molecule has 0 bridgehead atoms. The van der Waals surface area contributed by atoms with E-state index in [1.165, 1.54) is 0 Å². The van der Waals surface area contributed by atoms with Gasteiger partial charge in [0.25, 0.3) is 0 Å². The molecule has 1 atom stereocenters. The van der Waals surface area contributed by atoms with Gasteiger partial charge in [-0.2, -0.15) is 10.2 Å². The lowest BCUT2D eigenvalue weighted by Gasteiger charge is -2.12. The first-order valence-corrected chi connectivity index (χ1v) is 5.66.